The molecule has 4 rings (SSSR count). The van der Waals surface area contributed by atoms with Crippen LogP contribution in [0.15, 0.2) is 79.0 Å². The molecule has 0 saturated heterocycles. The lowest BCUT2D eigenvalue weighted by Crippen LogP contribution is -2.17. The molecule has 30 heavy (non-hydrogen) atoms. The van der Waals surface area contributed by atoms with Gasteiger partial charge in [0, 0.05) is 29.2 Å². The maximum atomic E-state index is 6.14. The Balaban J connectivity index is 0.00000256. The first-order valence-corrected chi connectivity index (χ1v) is 9.93. The van der Waals surface area contributed by atoms with Gasteiger partial charge in [-0.15, -0.1) is 12.4 Å². The summed E-state index contributed by atoms with van der Waals surface area (Å²) in [6.07, 6.45) is 3.07. The van der Waals surface area contributed by atoms with Crippen molar-refractivity contribution < 1.29 is 9.47 Å². The highest BCUT2D eigenvalue weighted by Crippen LogP contribution is 2.31. The Morgan fingerprint density at radius 3 is 2.50 bits per heavy atom. The summed E-state index contributed by atoms with van der Waals surface area (Å²) in [5, 5.41) is 4.84. The quantitative estimate of drug-likeness (QED) is 0.349. The molecule has 0 radical (unpaired) electrons. The van der Waals surface area contributed by atoms with Gasteiger partial charge < -0.3 is 19.8 Å². The summed E-state index contributed by atoms with van der Waals surface area (Å²) in [5.74, 6) is 1.57. The van der Waals surface area contributed by atoms with Crippen molar-refractivity contribution >= 4 is 23.3 Å². The predicted molar refractivity (Wildman–Crippen MR) is 125 cm³/mol. The molecule has 4 nitrogen and oxygen atoms in total. The fourth-order valence-corrected chi connectivity index (χ4v) is 3.54. The smallest absolute Gasteiger partial charge is 0.166 e. The average molecular weight is 423 g/mol. The largest absolute Gasteiger partial charge is 0.493 e. The lowest BCUT2D eigenvalue weighted by Gasteiger charge is -2.15. The summed E-state index contributed by atoms with van der Waals surface area (Å²) < 4.78 is 11.7. The number of ether oxygens (including phenoxy) is 2. The molecule has 0 fully saturated rings. The van der Waals surface area contributed by atoms with Crippen LogP contribution in [0, 0.1) is 0 Å². The Morgan fingerprint density at radius 2 is 1.67 bits per heavy atom. The molecule has 4 aromatic rings. The summed E-state index contributed by atoms with van der Waals surface area (Å²) in [7, 11) is 1.68. The molecule has 0 aliphatic rings. The van der Waals surface area contributed by atoms with Gasteiger partial charge in [-0.05, 0) is 36.2 Å². The number of hydrogen-bond donors (Lipinski definition) is 2. The van der Waals surface area contributed by atoms with E-state index >= 15 is 0 Å². The van der Waals surface area contributed by atoms with Gasteiger partial charge in [0.2, 0.25) is 0 Å². The van der Waals surface area contributed by atoms with Crippen LogP contribution in [0.25, 0.3) is 10.9 Å². The minimum atomic E-state index is 0. The van der Waals surface area contributed by atoms with Crippen LogP contribution in [0.3, 0.4) is 0 Å². The van der Waals surface area contributed by atoms with E-state index in [2.05, 4.69) is 59.0 Å². The first-order valence-electron chi connectivity index (χ1n) is 9.93. The Morgan fingerprint density at radius 1 is 0.867 bits per heavy atom. The fourth-order valence-electron chi connectivity index (χ4n) is 3.54. The second-order valence-corrected chi connectivity index (χ2v) is 7.01. The monoisotopic (exact) mass is 422 g/mol. The summed E-state index contributed by atoms with van der Waals surface area (Å²) in [6.45, 7) is 2.13. The van der Waals surface area contributed by atoms with Gasteiger partial charge in [-0.1, -0.05) is 60.7 Å². The number of methoxy groups -OCH3 is 1. The summed E-state index contributed by atoms with van der Waals surface area (Å²) in [4.78, 5) is 3.34. The van der Waals surface area contributed by atoms with Gasteiger partial charge in [0.15, 0.2) is 11.5 Å². The van der Waals surface area contributed by atoms with E-state index < -0.39 is 0 Å². The summed E-state index contributed by atoms with van der Waals surface area (Å²) >= 11 is 0. The minimum absolute atomic E-state index is 0. The summed E-state index contributed by atoms with van der Waals surface area (Å²) in [5.41, 5.74) is 4.75. The lowest BCUT2D eigenvalue weighted by atomic mass is 10.1. The highest BCUT2D eigenvalue weighted by atomic mass is 35.5. The van der Waals surface area contributed by atoms with E-state index in [1.807, 2.05) is 30.3 Å². The van der Waals surface area contributed by atoms with Crippen LogP contribution in [-0.4, -0.2) is 18.6 Å². The highest BCUT2D eigenvalue weighted by Gasteiger charge is 2.11. The van der Waals surface area contributed by atoms with Crippen molar-refractivity contribution in [3.8, 4) is 11.5 Å². The van der Waals surface area contributed by atoms with Crippen molar-refractivity contribution in [1.29, 1.82) is 0 Å². The molecule has 1 heterocycles. The Kier molecular flexibility index (Phi) is 7.77. The molecular formula is C25H27ClN2O2. The molecule has 2 N–H and O–H groups in total. The van der Waals surface area contributed by atoms with Gasteiger partial charge in [-0.3, -0.25) is 0 Å². The predicted octanol–water partition coefficient (Wildman–Crippen LogP) is 5.51. The normalized spacial score (nSPS) is 10.6. The molecule has 0 saturated carbocycles. The third kappa shape index (κ3) is 5.15. The number of aromatic amines is 1. The standard InChI is InChI=1S/C25H26N2O2.ClH/c1-28-24-13-7-10-21(25(24)29-18-19-8-3-2-4-9-19)16-26-15-14-20-17-27-23-12-6-5-11-22(20)23;/h2-13,17,26-27H,14-16,18H2,1H3;1H. The Hall–Kier alpha value is -2.95. The molecule has 0 aliphatic heterocycles. The number of benzene rings is 3. The lowest BCUT2D eigenvalue weighted by molar-refractivity contribution is 0.280. The number of H-pyrrole nitrogens is 1. The number of para-hydroxylation sites is 2. The van der Waals surface area contributed by atoms with E-state index in [-0.39, 0.29) is 12.4 Å². The van der Waals surface area contributed by atoms with E-state index in [1.54, 1.807) is 7.11 Å². The van der Waals surface area contributed by atoms with Gasteiger partial charge in [0.1, 0.15) is 6.61 Å². The average Bonchev–Trinajstić information content (AvgIpc) is 3.19. The molecule has 0 bridgehead atoms. The van der Waals surface area contributed by atoms with Crippen LogP contribution in [0.1, 0.15) is 16.7 Å². The van der Waals surface area contributed by atoms with E-state index in [9.17, 15) is 0 Å². The molecule has 5 heteroatoms. The third-order valence-corrected chi connectivity index (χ3v) is 5.07. The number of aromatic nitrogens is 1. The van der Waals surface area contributed by atoms with Gasteiger partial charge in [-0.25, -0.2) is 0 Å². The zero-order chi connectivity index (χ0) is 19.9. The molecule has 1 aromatic heterocycles. The molecule has 0 aliphatic carbocycles. The molecular weight excluding hydrogens is 396 g/mol. The maximum absolute atomic E-state index is 6.14. The van der Waals surface area contributed by atoms with Crippen LogP contribution in [0.4, 0.5) is 0 Å². The first-order chi connectivity index (χ1) is 14.3. The van der Waals surface area contributed by atoms with Crippen LogP contribution >= 0.6 is 12.4 Å². The van der Waals surface area contributed by atoms with Crippen molar-refractivity contribution in [2.24, 2.45) is 0 Å². The molecule has 156 valence electrons. The van der Waals surface area contributed by atoms with Gasteiger partial charge in [0.05, 0.1) is 7.11 Å². The number of rotatable bonds is 9. The highest BCUT2D eigenvalue weighted by molar-refractivity contribution is 5.85. The van der Waals surface area contributed by atoms with Crippen molar-refractivity contribution in [3.63, 3.8) is 0 Å². The number of halogens is 1. The maximum Gasteiger partial charge on any atom is 0.166 e. The molecule has 3 aromatic carbocycles. The van der Waals surface area contributed by atoms with E-state index in [0.717, 1.165) is 42.1 Å². The Labute approximate surface area is 183 Å². The van der Waals surface area contributed by atoms with E-state index in [1.165, 1.54) is 16.5 Å². The zero-order valence-corrected chi connectivity index (χ0v) is 17.9. The molecule has 0 amide bonds. The van der Waals surface area contributed by atoms with Crippen molar-refractivity contribution in [1.82, 2.24) is 10.3 Å². The van der Waals surface area contributed by atoms with Gasteiger partial charge >= 0.3 is 0 Å². The number of nitrogens with one attached hydrogen (secondary N) is 2. The van der Waals surface area contributed by atoms with Crippen LogP contribution < -0.4 is 14.8 Å². The molecule has 0 atom stereocenters. The fraction of sp³-hybridized carbons (Fsp3) is 0.200. The van der Waals surface area contributed by atoms with Crippen molar-refractivity contribution in [2.45, 2.75) is 19.6 Å². The van der Waals surface area contributed by atoms with Crippen LogP contribution in [-0.2, 0) is 19.6 Å². The second kappa shape index (κ2) is 10.7. The SMILES string of the molecule is COc1cccc(CNCCc2c[nH]c3ccccc23)c1OCc1ccccc1.Cl. The van der Waals surface area contributed by atoms with Crippen LogP contribution in [0.5, 0.6) is 11.5 Å². The number of fused-ring (bicyclic) bond motifs is 1. The molecule has 0 spiro atoms. The van der Waals surface area contributed by atoms with Gasteiger partial charge in [0.25, 0.3) is 0 Å². The van der Waals surface area contributed by atoms with E-state index in [4.69, 9.17) is 9.47 Å². The van der Waals surface area contributed by atoms with E-state index in [0.29, 0.717) is 6.61 Å². The van der Waals surface area contributed by atoms with Crippen LogP contribution in [0.2, 0.25) is 0 Å². The third-order valence-electron chi connectivity index (χ3n) is 5.07. The minimum Gasteiger partial charge on any atom is -0.493 e. The second-order valence-electron chi connectivity index (χ2n) is 7.01. The zero-order valence-electron chi connectivity index (χ0n) is 17.1. The first kappa shape index (κ1) is 21.8. The molecule has 0 unspecified atom stereocenters. The topological polar surface area (TPSA) is 46.3 Å². The summed E-state index contributed by atoms with van der Waals surface area (Å²) in [6, 6.07) is 24.6. The van der Waals surface area contributed by atoms with Crippen molar-refractivity contribution in [2.75, 3.05) is 13.7 Å². The van der Waals surface area contributed by atoms with Gasteiger partial charge in [-0.2, -0.15) is 0 Å². The van der Waals surface area contributed by atoms with Crippen molar-refractivity contribution in [3.05, 3.63) is 95.7 Å². The number of hydrogen-bond acceptors (Lipinski definition) is 3. The Bertz CT molecular complexity index is 1060.